The fourth-order valence-electron chi connectivity index (χ4n) is 4.07. The number of ether oxygens (including phenoxy) is 1. The molecule has 1 heterocycles. The number of rotatable bonds is 9. The van der Waals surface area contributed by atoms with Crippen molar-refractivity contribution in [2.24, 2.45) is 0 Å². The Bertz CT molecular complexity index is 1150. The molecule has 0 aromatic heterocycles. The van der Waals surface area contributed by atoms with Crippen LogP contribution in [0.15, 0.2) is 84.9 Å². The highest BCUT2D eigenvalue weighted by molar-refractivity contribution is 7.91. The van der Waals surface area contributed by atoms with Crippen LogP contribution in [0.3, 0.4) is 0 Å². The van der Waals surface area contributed by atoms with E-state index >= 15 is 0 Å². The Morgan fingerprint density at radius 1 is 0.853 bits per heavy atom. The zero-order valence-corrected chi connectivity index (χ0v) is 19.9. The van der Waals surface area contributed by atoms with Gasteiger partial charge in [-0.1, -0.05) is 72.8 Å². The van der Waals surface area contributed by atoms with Gasteiger partial charge in [0.1, 0.15) is 18.4 Å². The number of hydrogen-bond donors (Lipinski definition) is 1. The van der Waals surface area contributed by atoms with Crippen LogP contribution in [-0.4, -0.2) is 50.4 Å². The van der Waals surface area contributed by atoms with Gasteiger partial charge in [-0.25, -0.2) is 8.42 Å². The minimum absolute atomic E-state index is 0.0856. The Balaban J connectivity index is 1.31. The normalized spacial score (nSPS) is 16.5. The predicted molar refractivity (Wildman–Crippen MR) is 133 cm³/mol. The lowest BCUT2D eigenvalue weighted by Gasteiger charge is -2.33. The lowest BCUT2D eigenvalue weighted by atomic mass is 10.0. The largest absolute Gasteiger partial charge is 0.489 e. The first-order chi connectivity index (χ1) is 16.5. The van der Waals surface area contributed by atoms with Crippen LogP contribution in [0.2, 0.25) is 0 Å². The summed E-state index contributed by atoms with van der Waals surface area (Å²) in [5.74, 6) is 0.874. The van der Waals surface area contributed by atoms with E-state index in [1.54, 1.807) is 0 Å². The van der Waals surface area contributed by atoms with Crippen molar-refractivity contribution in [3.8, 4) is 5.75 Å². The van der Waals surface area contributed by atoms with Gasteiger partial charge in [-0.2, -0.15) is 0 Å². The number of nitrogens with zero attached hydrogens (tertiary/aromatic N) is 1. The Morgan fingerprint density at radius 2 is 1.47 bits per heavy atom. The fraction of sp³-hybridized carbons (Fsp3) is 0.296. The van der Waals surface area contributed by atoms with Crippen LogP contribution < -0.4 is 10.1 Å². The number of carbonyl (C=O) groups excluding carboxylic acids is 1. The molecule has 34 heavy (non-hydrogen) atoms. The fourth-order valence-corrected chi connectivity index (χ4v) is 5.30. The molecule has 0 aliphatic carbocycles. The van der Waals surface area contributed by atoms with E-state index < -0.39 is 15.9 Å². The smallest absolute Gasteiger partial charge is 0.241 e. The molecular formula is C27H30N2O4S. The highest BCUT2D eigenvalue weighted by Gasteiger charge is 2.32. The molecule has 1 amide bonds. The third-order valence-corrected chi connectivity index (χ3v) is 7.60. The minimum atomic E-state index is -3.02. The van der Waals surface area contributed by atoms with E-state index in [9.17, 15) is 13.2 Å². The lowest BCUT2D eigenvalue weighted by Crippen LogP contribution is -2.47. The van der Waals surface area contributed by atoms with Crippen molar-refractivity contribution in [1.82, 2.24) is 10.2 Å². The summed E-state index contributed by atoms with van der Waals surface area (Å²) < 4.78 is 29.5. The topological polar surface area (TPSA) is 75.7 Å². The minimum Gasteiger partial charge on any atom is -0.489 e. The van der Waals surface area contributed by atoms with Crippen LogP contribution >= 0.6 is 0 Å². The van der Waals surface area contributed by atoms with E-state index in [1.807, 2.05) is 89.8 Å². The zero-order chi connectivity index (χ0) is 23.8. The summed E-state index contributed by atoms with van der Waals surface area (Å²) in [5.41, 5.74) is 3.10. The van der Waals surface area contributed by atoms with Gasteiger partial charge in [0.2, 0.25) is 5.91 Å². The quantitative estimate of drug-likeness (QED) is 0.510. The molecular weight excluding hydrogens is 448 g/mol. The molecule has 1 fully saturated rings. The Labute approximate surface area is 201 Å². The van der Waals surface area contributed by atoms with Crippen molar-refractivity contribution < 1.29 is 17.9 Å². The Morgan fingerprint density at radius 3 is 2.12 bits per heavy atom. The molecule has 1 N–H and O–H groups in total. The summed E-state index contributed by atoms with van der Waals surface area (Å²) >= 11 is 0. The first kappa shape index (κ1) is 24.0. The standard InChI is InChI=1S/C27H30N2O4S/c30-27(26(24-9-5-2-6-10-24)29-17-19-34(31,32)20-18-29)28-16-15-22-11-13-25(14-12-22)33-21-23-7-3-1-4-8-23/h1-14,26H,15-21H2,(H,28,30). The summed E-state index contributed by atoms with van der Waals surface area (Å²) in [6.07, 6.45) is 0.695. The maximum Gasteiger partial charge on any atom is 0.241 e. The Hall–Kier alpha value is -3.16. The molecule has 1 aliphatic rings. The number of nitrogens with one attached hydrogen (secondary N) is 1. The Kier molecular flexibility index (Phi) is 7.98. The molecule has 1 atom stereocenters. The zero-order valence-electron chi connectivity index (χ0n) is 19.1. The molecule has 4 rings (SSSR count). The first-order valence-electron chi connectivity index (χ1n) is 11.5. The number of amides is 1. The maximum atomic E-state index is 13.1. The van der Waals surface area contributed by atoms with Crippen LogP contribution in [0.5, 0.6) is 5.75 Å². The summed E-state index contributed by atoms with van der Waals surface area (Å²) in [5, 5.41) is 3.05. The van der Waals surface area contributed by atoms with E-state index in [0.717, 1.165) is 22.4 Å². The summed E-state index contributed by atoms with van der Waals surface area (Å²) in [6.45, 7) is 1.74. The molecule has 178 valence electrons. The average Bonchev–Trinajstić information content (AvgIpc) is 2.86. The molecule has 1 unspecified atom stereocenters. The van der Waals surface area contributed by atoms with E-state index in [0.29, 0.717) is 32.7 Å². The second kappa shape index (κ2) is 11.3. The van der Waals surface area contributed by atoms with Crippen molar-refractivity contribution in [2.45, 2.75) is 19.1 Å². The van der Waals surface area contributed by atoms with Crippen molar-refractivity contribution in [2.75, 3.05) is 31.1 Å². The van der Waals surface area contributed by atoms with Gasteiger partial charge in [-0.15, -0.1) is 0 Å². The van der Waals surface area contributed by atoms with Gasteiger partial charge in [0, 0.05) is 19.6 Å². The van der Waals surface area contributed by atoms with Crippen molar-refractivity contribution in [3.63, 3.8) is 0 Å². The first-order valence-corrected chi connectivity index (χ1v) is 13.4. The van der Waals surface area contributed by atoms with Crippen LogP contribution in [0.25, 0.3) is 0 Å². The lowest BCUT2D eigenvalue weighted by molar-refractivity contribution is -0.126. The van der Waals surface area contributed by atoms with Crippen LogP contribution in [0.4, 0.5) is 0 Å². The summed E-state index contributed by atoms with van der Waals surface area (Å²) in [6, 6.07) is 27.0. The predicted octanol–water partition coefficient (Wildman–Crippen LogP) is 3.40. The number of hydrogen-bond acceptors (Lipinski definition) is 5. The number of benzene rings is 3. The molecule has 0 bridgehead atoms. The third kappa shape index (κ3) is 6.68. The van der Waals surface area contributed by atoms with Crippen molar-refractivity contribution >= 4 is 15.7 Å². The van der Waals surface area contributed by atoms with Gasteiger partial charge in [0.05, 0.1) is 11.5 Å². The maximum absolute atomic E-state index is 13.1. The summed E-state index contributed by atoms with van der Waals surface area (Å²) in [7, 11) is -3.02. The molecule has 0 spiro atoms. The molecule has 1 saturated heterocycles. The average molecular weight is 479 g/mol. The molecule has 3 aromatic rings. The van der Waals surface area contributed by atoms with Crippen molar-refractivity contribution in [3.05, 3.63) is 102 Å². The third-order valence-electron chi connectivity index (χ3n) is 5.99. The van der Waals surface area contributed by atoms with Gasteiger partial charge < -0.3 is 10.1 Å². The van der Waals surface area contributed by atoms with Crippen LogP contribution in [0, 0.1) is 0 Å². The molecule has 3 aromatic carbocycles. The van der Waals surface area contributed by atoms with E-state index in [4.69, 9.17) is 4.74 Å². The highest BCUT2D eigenvalue weighted by Crippen LogP contribution is 2.23. The van der Waals surface area contributed by atoms with Gasteiger partial charge in [0.25, 0.3) is 0 Å². The van der Waals surface area contributed by atoms with Crippen LogP contribution in [-0.2, 0) is 27.7 Å². The number of carbonyl (C=O) groups is 1. The van der Waals surface area contributed by atoms with Gasteiger partial charge >= 0.3 is 0 Å². The van der Waals surface area contributed by atoms with Gasteiger partial charge in [0.15, 0.2) is 9.84 Å². The van der Waals surface area contributed by atoms with E-state index in [1.165, 1.54) is 0 Å². The SMILES string of the molecule is O=C(NCCc1ccc(OCc2ccccc2)cc1)C(c1ccccc1)N1CCS(=O)(=O)CC1. The summed E-state index contributed by atoms with van der Waals surface area (Å²) in [4.78, 5) is 15.1. The molecule has 1 aliphatic heterocycles. The molecule has 0 saturated carbocycles. The second-order valence-electron chi connectivity index (χ2n) is 8.46. The van der Waals surface area contributed by atoms with E-state index in [2.05, 4.69) is 5.32 Å². The molecule has 0 radical (unpaired) electrons. The van der Waals surface area contributed by atoms with E-state index in [-0.39, 0.29) is 17.4 Å². The molecule has 6 nitrogen and oxygen atoms in total. The molecule has 7 heteroatoms. The van der Waals surface area contributed by atoms with Gasteiger partial charge in [-0.3, -0.25) is 9.69 Å². The van der Waals surface area contributed by atoms with Crippen molar-refractivity contribution in [1.29, 1.82) is 0 Å². The monoisotopic (exact) mass is 478 g/mol. The number of sulfone groups is 1. The second-order valence-corrected chi connectivity index (χ2v) is 10.8. The van der Waals surface area contributed by atoms with Crippen LogP contribution in [0.1, 0.15) is 22.7 Å². The van der Waals surface area contributed by atoms with Gasteiger partial charge in [-0.05, 0) is 35.2 Å². The highest BCUT2D eigenvalue weighted by atomic mass is 32.2.